The summed E-state index contributed by atoms with van der Waals surface area (Å²) in [6.07, 6.45) is 0.236. The van der Waals surface area contributed by atoms with Crippen LogP contribution in [-0.2, 0) is 41.9 Å². The largest absolute Gasteiger partial charge is 0.461 e. The molecule has 2 rings (SSSR count). The molecule has 6 nitrogen and oxygen atoms in total. The molecule has 0 aromatic heterocycles. The molecule has 0 aliphatic carbocycles. The Kier molecular flexibility index (Phi) is 8.61. The van der Waals surface area contributed by atoms with Crippen molar-refractivity contribution in [2.75, 3.05) is 5.75 Å². The van der Waals surface area contributed by atoms with Gasteiger partial charge in [-0.25, -0.2) is 8.42 Å². The minimum absolute atomic E-state index is 0.0539. The van der Waals surface area contributed by atoms with E-state index in [0.29, 0.717) is 5.56 Å². The predicted molar refractivity (Wildman–Crippen MR) is 123 cm³/mol. The van der Waals surface area contributed by atoms with Crippen molar-refractivity contribution in [1.29, 1.82) is 0 Å². The first kappa shape index (κ1) is 25.6. The van der Waals surface area contributed by atoms with Crippen molar-refractivity contribution in [3.8, 4) is 0 Å². The zero-order chi connectivity index (χ0) is 23.9. The van der Waals surface area contributed by atoms with E-state index in [0.717, 1.165) is 5.56 Å². The standard InChI is InChI=1S/C25H32O6S/c1-18(2)23(26)30-16-20-13-9-10-14-22(20)32(28,29)17-21(24(27)31-25(3,4)5)15-19-11-7-6-8-12-19/h6-14,18,21H,15-17H2,1-5H3. The van der Waals surface area contributed by atoms with Gasteiger partial charge >= 0.3 is 11.9 Å². The van der Waals surface area contributed by atoms with Crippen LogP contribution in [0.2, 0.25) is 0 Å². The van der Waals surface area contributed by atoms with Crippen LogP contribution in [0.15, 0.2) is 59.5 Å². The quantitative estimate of drug-likeness (QED) is 0.517. The van der Waals surface area contributed by atoms with Crippen LogP contribution >= 0.6 is 0 Å². The molecule has 0 radical (unpaired) electrons. The molecule has 1 unspecified atom stereocenters. The monoisotopic (exact) mass is 460 g/mol. The number of sulfone groups is 1. The number of benzene rings is 2. The summed E-state index contributed by atoms with van der Waals surface area (Å²) in [5.74, 6) is -2.58. The molecule has 0 amide bonds. The fourth-order valence-electron chi connectivity index (χ4n) is 3.09. The maximum Gasteiger partial charge on any atom is 0.310 e. The van der Waals surface area contributed by atoms with Gasteiger partial charge in [0.15, 0.2) is 9.84 Å². The normalized spacial score (nSPS) is 12.9. The lowest BCUT2D eigenvalue weighted by molar-refractivity contribution is -0.159. The van der Waals surface area contributed by atoms with E-state index in [9.17, 15) is 18.0 Å². The summed E-state index contributed by atoms with van der Waals surface area (Å²) in [7, 11) is -3.87. The van der Waals surface area contributed by atoms with Gasteiger partial charge in [0.1, 0.15) is 12.2 Å². The SMILES string of the molecule is CC(C)C(=O)OCc1ccccc1S(=O)(=O)CC(Cc1ccccc1)C(=O)OC(C)(C)C. The number of ether oxygens (including phenoxy) is 2. The Morgan fingerprint density at radius 1 is 0.906 bits per heavy atom. The Morgan fingerprint density at radius 2 is 1.50 bits per heavy atom. The van der Waals surface area contributed by atoms with Gasteiger partial charge < -0.3 is 9.47 Å². The highest BCUT2D eigenvalue weighted by atomic mass is 32.2. The van der Waals surface area contributed by atoms with E-state index < -0.39 is 39.0 Å². The van der Waals surface area contributed by atoms with Crippen LogP contribution in [0.3, 0.4) is 0 Å². The molecule has 0 aliphatic rings. The van der Waals surface area contributed by atoms with Gasteiger partial charge in [-0.2, -0.15) is 0 Å². The van der Waals surface area contributed by atoms with Crippen LogP contribution in [0.4, 0.5) is 0 Å². The Hall–Kier alpha value is -2.67. The number of carbonyl (C=O) groups excluding carboxylic acids is 2. The molecule has 7 heteroatoms. The minimum Gasteiger partial charge on any atom is -0.461 e. The molecule has 0 saturated heterocycles. The average molecular weight is 461 g/mol. The maximum absolute atomic E-state index is 13.4. The minimum atomic E-state index is -3.87. The smallest absolute Gasteiger partial charge is 0.310 e. The molecule has 0 spiro atoms. The number of esters is 2. The van der Waals surface area contributed by atoms with Crippen LogP contribution in [0.25, 0.3) is 0 Å². The van der Waals surface area contributed by atoms with Crippen molar-refractivity contribution < 1.29 is 27.5 Å². The van der Waals surface area contributed by atoms with Crippen molar-refractivity contribution >= 4 is 21.8 Å². The van der Waals surface area contributed by atoms with Gasteiger partial charge in [-0.3, -0.25) is 9.59 Å². The van der Waals surface area contributed by atoms with E-state index in [1.54, 1.807) is 52.8 Å². The molecule has 0 fully saturated rings. The average Bonchev–Trinajstić information content (AvgIpc) is 2.71. The third kappa shape index (κ3) is 7.79. The summed E-state index contributed by atoms with van der Waals surface area (Å²) < 4.78 is 37.5. The second kappa shape index (κ2) is 10.8. The lowest BCUT2D eigenvalue weighted by Crippen LogP contribution is -2.33. The Labute approximate surface area is 190 Å². The zero-order valence-corrected chi connectivity index (χ0v) is 20.1. The summed E-state index contributed by atoms with van der Waals surface area (Å²) in [5, 5.41) is 0. The third-order valence-electron chi connectivity index (χ3n) is 4.63. The first-order valence-corrected chi connectivity index (χ1v) is 12.3. The maximum atomic E-state index is 13.4. The van der Waals surface area contributed by atoms with Crippen LogP contribution in [-0.4, -0.2) is 31.7 Å². The van der Waals surface area contributed by atoms with Gasteiger partial charge in [-0.1, -0.05) is 62.4 Å². The first-order valence-electron chi connectivity index (χ1n) is 10.6. The summed E-state index contributed by atoms with van der Waals surface area (Å²) in [6.45, 7) is 8.51. The van der Waals surface area contributed by atoms with E-state index in [1.165, 1.54) is 6.07 Å². The van der Waals surface area contributed by atoms with Crippen molar-refractivity contribution in [3.05, 3.63) is 65.7 Å². The second-order valence-corrected chi connectivity index (χ2v) is 11.1. The van der Waals surface area contributed by atoms with Gasteiger partial charge in [0.25, 0.3) is 0 Å². The van der Waals surface area contributed by atoms with Gasteiger partial charge in [0.2, 0.25) is 0 Å². The molecular formula is C25H32O6S. The van der Waals surface area contributed by atoms with Crippen LogP contribution in [0, 0.1) is 11.8 Å². The topological polar surface area (TPSA) is 86.7 Å². The lowest BCUT2D eigenvalue weighted by atomic mass is 10.0. The molecular weight excluding hydrogens is 428 g/mol. The van der Waals surface area contributed by atoms with Gasteiger partial charge in [0.05, 0.1) is 22.5 Å². The Morgan fingerprint density at radius 3 is 2.09 bits per heavy atom. The van der Waals surface area contributed by atoms with E-state index in [2.05, 4.69) is 0 Å². The number of carbonyl (C=O) groups is 2. The van der Waals surface area contributed by atoms with Crippen LogP contribution < -0.4 is 0 Å². The van der Waals surface area contributed by atoms with Gasteiger partial charge in [-0.05, 0) is 38.8 Å². The highest BCUT2D eigenvalue weighted by molar-refractivity contribution is 7.91. The summed E-state index contributed by atoms with van der Waals surface area (Å²) >= 11 is 0. The number of hydrogen-bond donors (Lipinski definition) is 0. The highest BCUT2D eigenvalue weighted by Gasteiger charge is 2.32. The van der Waals surface area contributed by atoms with Gasteiger partial charge in [-0.15, -0.1) is 0 Å². The molecule has 0 heterocycles. The van der Waals surface area contributed by atoms with Crippen LogP contribution in [0.5, 0.6) is 0 Å². The zero-order valence-electron chi connectivity index (χ0n) is 19.3. The summed E-state index contributed by atoms with van der Waals surface area (Å²) in [6, 6.07) is 15.6. The number of hydrogen-bond acceptors (Lipinski definition) is 6. The van der Waals surface area contributed by atoms with Gasteiger partial charge in [0, 0.05) is 5.56 Å². The molecule has 0 N–H and O–H groups in total. The van der Waals surface area contributed by atoms with E-state index in [4.69, 9.17) is 9.47 Å². The molecule has 2 aromatic rings. The fourth-order valence-corrected chi connectivity index (χ4v) is 4.87. The number of rotatable bonds is 9. The molecule has 32 heavy (non-hydrogen) atoms. The van der Waals surface area contributed by atoms with E-state index in [-0.39, 0.29) is 23.8 Å². The molecule has 0 aliphatic heterocycles. The first-order chi connectivity index (χ1) is 14.9. The van der Waals surface area contributed by atoms with E-state index >= 15 is 0 Å². The second-order valence-electron chi connectivity index (χ2n) is 9.07. The van der Waals surface area contributed by atoms with E-state index in [1.807, 2.05) is 30.3 Å². The van der Waals surface area contributed by atoms with Crippen LogP contribution in [0.1, 0.15) is 45.7 Å². The van der Waals surface area contributed by atoms with Crippen molar-refractivity contribution in [2.24, 2.45) is 11.8 Å². The summed E-state index contributed by atoms with van der Waals surface area (Å²) in [4.78, 5) is 24.8. The Bertz CT molecular complexity index is 1020. The van der Waals surface area contributed by atoms with Crippen molar-refractivity contribution in [1.82, 2.24) is 0 Å². The highest BCUT2D eigenvalue weighted by Crippen LogP contribution is 2.24. The molecule has 174 valence electrons. The molecule has 0 saturated carbocycles. The lowest BCUT2D eigenvalue weighted by Gasteiger charge is -2.24. The fraction of sp³-hybridized carbons (Fsp3) is 0.440. The Balaban J connectivity index is 2.31. The molecule has 2 aromatic carbocycles. The summed E-state index contributed by atoms with van der Waals surface area (Å²) in [5.41, 5.74) is 0.487. The third-order valence-corrected chi connectivity index (χ3v) is 6.54. The predicted octanol–water partition coefficient (Wildman–Crippen LogP) is 4.36. The molecule has 1 atom stereocenters. The van der Waals surface area contributed by atoms with Crippen molar-refractivity contribution in [2.45, 2.75) is 58.1 Å². The molecule has 0 bridgehead atoms. The van der Waals surface area contributed by atoms with Crippen molar-refractivity contribution in [3.63, 3.8) is 0 Å².